The molecule has 0 aromatic carbocycles. The molecule has 0 heterocycles. The molecule has 0 aromatic heterocycles. The Morgan fingerprint density at radius 1 is 1.33 bits per heavy atom. The second kappa shape index (κ2) is 3.94. The molecule has 1 saturated carbocycles. The van der Waals surface area contributed by atoms with Crippen LogP contribution in [0.25, 0.3) is 0 Å². The van der Waals surface area contributed by atoms with Crippen molar-refractivity contribution < 1.29 is 14.3 Å². The van der Waals surface area contributed by atoms with E-state index in [2.05, 4.69) is 13.8 Å². The summed E-state index contributed by atoms with van der Waals surface area (Å²) in [5, 5.41) is 0. The first-order valence-corrected chi connectivity index (χ1v) is 6.60. The van der Waals surface area contributed by atoms with Gasteiger partial charge in [0.05, 0.1) is 5.41 Å². The van der Waals surface area contributed by atoms with Crippen molar-refractivity contribution in [3.05, 3.63) is 11.6 Å². The monoisotopic (exact) mass is 250 g/mol. The van der Waals surface area contributed by atoms with Crippen molar-refractivity contribution in [1.82, 2.24) is 0 Å². The number of rotatable bonds is 1. The van der Waals surface area contributed by atoms with Crippen LogP contribution < -0.4 is 0 Å². The molecule has 2 bridgehead atoms. The Morgan fingerprint density at radius 2 is 1.94 bits per heavy atom. The van der Waals surface area contributed by atoms with Gasteiger partial charge in [-0.15, -0.1) is 0 Å². The van der Waals surface area contributed by atoms with Gasteiger partial charge < -0.3 is 4.74 Å². The molecule has 3 aliphatic carbocycles. The van der Waals surface area contributed by atoms with Gasteiger partial charge in [0, 0.05) is 5.57 Å². The van der Waals surface area contributed by atoms with Crippen LogP contribution in [0.1, 0.15) is 47.5 Å². The standard InChI is InChI=1S/C15H22O3/c1-14(2,3)13(17)18-12(16)10-7-6-9-8-11(10)15(9,4)5/h7,9,11H,6,8H2,1-5H3. The highest BCUT2D eigenvalue weighted by Gasteiger charge is 2.53. The van der Waals surface area contributed by atoms with E-state index in [9.17, 15) is 9.59 Å². The molecule has 0 amide bonds. The zero-order chi connectivity index (χ0) is 13.7. The first kappa shape index (κ1) is 13.3. The Kier molecular flexibility index (Phi) is 2.91. The van der Waals surface area contributed by atoms with E-state index in [0.717, 1.165) is 12.8 Å². The van der Waals surface area contributed by atoms with Crippen molar-refractivity contribution in [3.8, 4) is 0 Å². The maximum absolute atomic E-state index is 12.1. The van der Waals surface area contributed by atoms with Crippen molar-refractivity contribution >= 4 is 11.9 Å². The van der Waals surface area contributed by atoms with Crippen molar-refractivity contribution in [2.45, 2.75) is 47.5 Å². The molecule has 3 heteroatoms. The maximum atomic E-state index is 12.1. The summed E-state index contributed by atoms with van der Waals surface area (Å²) in [5.74, 6) is 0.0488. The van der Waals surface area contributed by atoms with Gasteiger partial charge in [0.15, 0.2) is 0 Å². The highest BCUT2D eigenvalue weighted by Crippen LogP contribution is 2.59. The fourth-order valence-electron chi connectivity index (χ4n) is 2.88. The third-order valence-electron chi connectivity index (χ3n) is 4.50. The Morgan fingerprint density at radius 3 is 2.39 bits per heavy atom. The Balaban J connectivity index is 2.08. The van der Waals surface area contributed by atoms with Gasteiger partial charge >= 0.3 is 11.9 Å². The number of hydrogen-bond donors (Lipinski definition) is 0. The molecule has 0 aromatic rings. The normalized spacial score (nSPS) is 29.1. The van der Waals surface area contributed by atoms with Gasteiger partial charge in [-0.2, -0.15) is 0 Å². The summed E-state index contributed by atoms with van der Waals surface area (Å²) >= 11 is 0. The predicted octanol–water partition coefficient (Wildman–Crippen LogP) is 3.09. The van der Waals surface area contributed by atoms with Crippen molar-refractivity contribution in [2.75, 3.05) is 0 Å². The van der Waals surface area contributed by atoms with Gasteiger partial charge in [-0.05, 0) is 50.9 Å². The van der Waals surface area contributed by atoms with Crippen LogP contribution in [0.3, 0.4) is 0 Å². The number of allylic oxidation sites excluding steroid dienone is 1. The first-order valence-electron chi connectivity index (χ1n) is 6.60. The Bertz CT molecular complexity index is 424. The van der Waals surface area contributed by atoms with E-state index in [1.54, 1.807) is 20.8 Å². The molecule has 0 saturated heterocycles. The SMILES string of the molecule is CC(C)(C)C(=O)OC(=O)C1=CCC2CC1C2(C)C. The number of hydrogen-bond acceptors (Lipinski definition) is 3. The number of esters is 2. The minimum atomic E-state index is -0.636. The Labute approximate surface area is 109 Å². The van der Waals surface area contributed by atoms with Gasteiger partial charge in [-0.25, -0.2) is 4.79 Å². The summed E-state index contributed by atoms with van der Waals surface area (Å²) < 4.78 is 5.00. The van der Waals surface area contributed by atoms with E-state index in [1.165, 1.54) is 0 Å². The molecule has 3 aliphatic rings. The van der Waals surface area contributed by atoms with Crippen molar-refractivity contribution in [3.63, 3.8) is 0 Å². The molecule has 0 spiro atoms. The number of ether oxygens (including phenoxy) is 1. The van der Waals surface area contributed by atoms with Crippen LogP contribution in [0.2, 0.25) is 0 Å². The van der Waals surface area contributed by atoms with E-state index in [-0.39, 0.29) is 11.3 Å². The minimum absolute atomic E-state index is 0.174. The second-order valence-corrected chi connectivity index (χ2v) is 7.13. The zero-order valence-corrected chi connectivity index (χ0v) is 11.9. The number of carbonyl (C=O) groups is 2. The fraction of sp³-hybridized carbons (Fsp3) is 0.733. The lowest BCUT2D eigenvalue weighted by Crippen LogP contribution is -2.49. The first-order chi connectivity index (χ1) is 8.14. The van der Waals surface area contributed by atoms with Crippen LogP contribution in [-0.2, 0) is 14.3 Å². The molecule has 0 radical (unpaired) electrons. The molecule has 1 fully saturated rings. The molecule has 18 heavy (non-hydrogen) atoms. The molecule has 0 aliphatic heterocycles. The number of carbonyl (C=O) groups excluding carboxylic acids is 2. The molecule has 2 atom stereocenters. The van der Waals surface area contributed by atoms with E-state index in [4.69, 9.17) is 4.74 Å². The highest BCUT2D eigenvalue weighted by molar-refractivity contribution is 5.98. The van der Waals surface area contributed by atoms with E-state index < -0.39 is 17.4 Å². The van der Waals surface area contributed by atoms with E-state index in [0.29, 0.717) is 11.5 Å². The third-order valence-corrected chi connectivity index (χ3v) is 4.50. The quantitative estimate of drug-likeness (QED) is 0.530. The molecule has 3 rings (SSSR count). The summed E-state index contributed by atoms with van der Waals surface area (Å²) in [7, 11) is 0. The molecular formula is C15H22O3. The summed E-state index contributed by atoms with van der Waals surface area (Å²) in [5.41, 5.74) is 0.247. The van der Waals surface area contributed by atoms with Gasteiger partial charge in [0.1, 0.15) is 0 Å². The van der Waals surface area contributed by atoms with Crippen molar-refractivity contribution in [2.24, 2.45) is 22.7 Å². The van der Waals surface area contributed by atoms with Gasteiger partial charge in [-0.3, -0.25) is 4.79 Å². The highest BCUT2D eigenvalue weighted by atomic mass is 16.6. The smallest absolute Gasteiger partial charge is 0.341 e. The summed E-state index contributed by atoms with van der Waals surface area (Å²) in [6.45, 7) is 9.64. The molecular weight excluding hydrogens is 228 g/mol. The van der Waals surface area contributed by atoms with Crippen LogP contribution in [0.4, 0.5) is 0 Å². The van der Waals surface area contributed by atoms with Gasteiger partial charge in [-0.1, -0.05) is 19.9 Å². The third kappa shape index (κ3) is 2.00. The Hall–Kier alpha value is -1.12. The lowest BCUT2D eigenvalue weighted by molar-refractivity contribution is -0.164. The molecule has 0 N–H and O–H groups in total. The average molecular weight is 250 g/mol. The van der Waals surface area contributed by atoms with E-state index in [1.807, 2.05) is 6.08 Å². The minimum Gasteiger partial charge on any atom is -0.389 e. The summed E-state index contributed by atoms with van der Waals surface area (Å²) in [4.78, 5) is 23.8. The van der Waals surface area contributed by atoms with Crippen LogP contribution >= 0.6 is 0 Å². The van der Waals surface area contributed by atoms with Crippen LogP contribution in [0, 0.1) is 22.7 Å². The average Bonchev–Trinajstić information content (AvgIpc) is 2.27. The van der Waals surface area contributed by atoms with Crippen LogP contribution in [0.5, 0.6) is 0 Å². The summed E-state index contributed by atoms with van der Waals surface area (Å²) in [6, 6.07) is 0. The lowest BCUT2D eigenvalue weighted by Gasteiger charge is -2.55. The molecule has 2 unspecified atom stereocenters. The predicted molar refractivity (Wildman–Crippen MR) is 68.6 cm³/mol. The maximum Gasteiger partial charge on any atom is 0.341 e. The fourth-order valence-corrected chi connectivity index (χ4v) is 2.88. The molecule has 100 valence electrons. The van der Waals surface area contributed by atoms with Gasteiger partial charge in [0.25, 0.3) is 0 Å². The number of fused-ring (bicyclic) bond motifs is 1. The van der Waals surface area contributed by atoms with Crippen LogP contribution in [-0.4, -0.2) is 11.9 Å². The van der Waals surface area contributed by atoms with E-state index >= 15 is 0 Å². The molecule has 3 nitrogen and oxygen atoms in total. The lowest BCUT2D eigenvalue weighted by atomic mass is 9.49. The largest absolute Gasteiger partial charge is 0.389 e. The van der Waals surface area contributed by atoms with Crippen molar-refractivity contribution in [1.29, 1.82) is 0 Å². The summed E-state index contributed by atoms with van der Waals surface area (Å²) in [6.07, 6.45) is 3.94. The van der Waals surface area contributed by atoms with Gasteiger partial charge in [0.2, 0.25) is 0 Å². The topological polar surface area (TPSA) is 43.4 Å². The zero-order valence-electron chi connectivity index (χ0n) is 11.9. The van der Waals surface area contributed by atoms with Crippen LogP contribution in [0.15, 0.2) is 11.6 Å². The second-order valence-electron chi connectivity index (χ2n) is 7.13.